The van der Waals surface area contributed by atoms with Crippen molar-refractivity contribution in [3.05, 3.63) is 23.2 Å². The van der Waals surface area contributed by atoms with Gasteiger partial charge in [-0.15, -0.1) is 0 Å². The highest BCUT2D eigenvalue weighted by Gasteiger charge is 2.09. The third kappa shape index (κ3) is 5.23. The minimum absolute atomic E-state index is 0.365. The largest absolute Gasteiger partial charge is 0.466 e. The van der Waals surface area contributed by atoms with Crippen molar-refractivity contribution in [2.75, 3.05) is 20.5 Å². The molecule has 0 saturated carbocycles. The quantitative estimate of drug-likeness (QED) is 0.471. The number of hydrogen-bond donors (Lipinski definition) is 0. The molecule has 0 aliphatic rings. The first kappa shape index (κ1) is 15.3. The van der Waals surface area contributed by atoms with Crippen molar-refractivity contribution in [2.45, 2.75) is 52.4 Å². The Balaban J connectivity index is 2.48. The van der Waals surface area contributed by atoms with Crippen LogP contribution in [0.3, 0.4) is 0 Å². The summed E-state index contributed by atoms with van der Waals surface area (Å²) in [6.07, 6.45) is 6.63. The predicted molar refractivity (Wildman–Crippen MR) is 72.8 cm³/mol. The molecular weight excluding hydrogens is 228 g/mol. The highest BCUT2D eigenvalue weighted by atomic mass is 16.7. The maximum Gasteiger partial charge on any atom is 0.146 e. The molecule has 18 heavy (non-hydrogen) atoms. The van der Waals surface area contributed by atoms with Crippen molar-refractivity contribution in [3.63, 3.8) is 0 Å². The van der Waals surface area contributed by atoms with E-state index in [9.17, 15) is 0 Å². The van der Waals surface area contributed by atoms with Crippen LogP contribution in [0.1, 0.15) is 50.2 Å². The molecule has 0 aliphatic carbocycles. The van der Waals surface area contributed by atoms with Gasteiger partial charge in [-0.3, -0.25) is 0 Å². The second-order valence-corrected chi connectivity index (χ2v) is 4.54. The van der Waals surface area contributed by atoms with Crippen molar-refractivity contribution < 1.29 is 13.9 Å². The minimum Gasteiger partial charge on any atom is -0.466 e. The lowest BCUT2D eigenvalue weighted by atomic mass is 10.1. The summed E-state index contributed by atoms with van der Waals surface area (Å²) in [5.74, 6) is 2.24. The number of methoxy groups -OCH3 is 1. The van der Waals surface area contributed by atoms with E-state index in [0.717, 1.165) is 30.8 Å². The number of ether oxygens (including phenoxy) is 2. The molecule has 1 rings (SSSR count). The first-order chi connectivity index (χ1) is 8.81. The fraction of sp³-hybridized carbons (Fsp3) is 0.733. The molecule has 0 aliphatic heterocycles. The molecule has 0 radical (unpaired) electrons. The van der Waals surface area contributed by atoms with E-state index in [4.69, 9.17) is 13.9 Å². The standard InChI is InChI=1S/C15H26O3/c1-4-6-7-8-15-13(9-10-17-12-16-3)11-14(5-2)18-15/h11H,4-10,12H2,1-3H3. The minimum atomic E-state index is 0.365. The van der Waals surface area contributed by atoms with Crippen LogP contribution in [0.4, 0.5) is 0 Å². The summed E-state index contributed by atoms with van der Waals surface area (Å²) in [5.41, 5.74) is 1.30. The summed E-state index contributed by atoms with van der Waals surface area (Å²) in [6.45, 7) is 5.40. The maximum absolute atomic E-state index is 5.88. The zero-order chi connectivity index (χ0) is 13.2. The SMILES string of the molecule is CCCCCc1oc(CC)cc1CCOCOC. The molecule has 1 heterocycles. The van der Waals surface area contributed by atoms with E-state index in [2.05, 4.69) is 19.9 Å². The second-order valence-electron chi connectivity index (χ2n) is 4.54. The Morgan fingerprint density at radius 3 is 2.67 bits per heavy atom. The van der Waals surface area contributed by atoms with Gasteiger partial charge in [-0.25, -0.2) is 0 Å². The van der Waals surface area contributed by atoms with E-state index in [0.29, 0.717) is 13.4 Å². The molecule has 0 fully saturated rings. The van der Waals surface area contributed by atoms with Gasteiger partial charge in [0.1, 0.15) is 18.3 Å². The van der Waals surface area contributed by atoms with Crippen molar-refractivity contribution >= 4 is 0 Å². The molecule has 0 unspecified atom stereocenters. The van der Waals surface area contributed by atoms with Gasteiger partial charge < -0.3 is 13.9 Å². The van der Waals surface area contributed by atoms with Crippen LogP contribution in [-0.4, -0.2) is 20.5 Å². The third-order valence-electron chi connectivity index (χ3n) is 3.02. The van der Waals surface area contributed by atoms with Gasteiger partial charge in [0, 0.05) is 20.0 Å². The summed E-state index contributed by atoms with van der Waals surface area (Å²) >= 11 is 0. The van der Waals surface area contributed by atoms with Crippen LogP contribution < -0.4 is 0 Å². The number of unbranched alkanes of at least 4 members (excludes halogenated alkanes) is 2. The lowest BCUT2D eigenvalue weighted by Crippen LogP contribution is -2.02. The smallest absolute Gasteiger partial charge is 0.146 e. The normalized spacial score (nSPS) is 11.1. The Labute approximate surface area is 110 Å². The van der Waals surface area contributed by atoms with Crippen molar-refractivity contribution in [1.29, 1.82) is 0 Å². The average molecular weight is 254 g/mol. The molecule has 3 heteroatoms. The van der Waals surface area contributed by atoms with Gasteiger partial charge >= 0.3 is 0 Å². The molecule has 0 bridgehead atoms. The fourth-order valence-corrected chi connectivity index (χ4v) is 1.99. The number of hydrogen-bond acceptors (Lipinski definition) is 3. The molecule has 1 aromatic heterocycles. The van der Waals surface area contributed by atoms with Crippen molar-refractivity contribution in [3.8, 4) is 0 Å². The van der Waals surface area contributed by atoms with Gasteiger partial charge in [0.15, 0.2) is 0 Å². The fourth-order valence-electron chi connectivity index (χ4n) is 1.99. The molecule has 104 valence electrons. The Morgan fingerprint density at radius 2 is 2.00 bits per heavy atom. The van der Waals surface area contributed by atoms with Crippen molar-refractivity contribution in [1.82, 2.24) is 0 Å². The summed E-state index contributed by atoms with van der Waals surface area (Å²) in [6, 6.07) is 2.18. The lowest BCUT2D eigenvalue weighted by Gasteiger charge is -2.03. The zero-order valence-electron chi connectivity index (χ0n) is 12.0. The molecule has 3 nitrogen and oxygen atoms in total. The summed E-state index contributed by atoms with van der Waals surface area (Å²) in [7, 11) is 1.64. The Morgan fingerprint density at radius 1 is 1.17 bits per heavy atom. The van der Waals surface area contributed by atoms with Gasteiger partial charge in [-0.05, 0) is 24.5 Å². The number of furan rings is 1. The number of aryl methyl sites for hydroxylation is 2. The van der Waals surface area contributed by atoms with Crippen LogP contribution in [0.25, 0.3) is 0 Å². The summed E-state index contributed by atoms with van der Waals surface area (Å²) < 4.78 is 16.1. The van der Waals surface area contributed by atoms with Crippen molar-refractivity contribution in [2.24, 2.45) is 0 Å². The Bertz CT molecular complexity index is 318. The van der Waals surface area contributed by atoms with Crippen LogP contribution in [0.5, 0.6) is 0 Å². The number of rotatable bonds is 10. The first-order valence-electron chi connectivity index (χ1n) is 6.98. The average Bonchev–Trinajstić information content (AvgIpc) is 2.78. The molecule has 0 amide bonds. The Kier molecular flexibility index (Phi) is 7.78. The van der Waals surface area contributed by atoms with Gasteiger partial charge in [-0.1, -0.05) is 26.7 Å². The second kappa shape index (κ2) is 9.17. The Hall–Kier alpha value is -0.800. The van der Waals surface area contributed by atoms with E-state index in [1.807, 2.05) is 0 Å². The summed E-state index contributed by atoms with van der Waals surface area (Å²) in [5, 5.41) is 0. The molecule has 0 saturated heterocycles. The van der Waals surface area contributed by atoms with Crippen LogP contribution in [0, 0.1) is 0 Å². The highest BCUT2D eigenvalue weighted by Crippen LogP contribution is 2.19. The van der Waals surface area contributed by atoms with Crippen LogP contribution >= 0.6 is 0 Å². The van der Waals surface area contributed by atoms with Gasteiger partial charge in [0.25, 0.3) is 0 Å². The van der Waals surface area contributed by atoms with Gasteiger partial charge in [0.05, 0.1) is 6.61 Å². The maximum atomic E-state index is 5.88. The van der Waals surface area contributed by atoms with E-state index >= 15 is 0 Å². The van der Waals surface area contributed by atoms with E-state index in [-0.39, 0.29) is 0 Å². The monoisotopic (exact) mass is 254 g/mol. The zero-order valence-corrected chi connectivity index (χ0v) is 12.0. The van der Waals surface area contributed by atoms with Gasteiger partial charge in [-0.2, -0.15) is 0 Å². The molecule has 0 aromatic carbocycles. The molecule has 0 atom stereocenters. The lowest BCUT2D eigenvalue weighted by molar-refractivity contribution is -0.0292. The molecule has 0 N–H and O–H groups in total. The molecule has 0 spiro atoms. The van der Waals surface area contributed by atoms with Gasteiger partial charge in [0.2, 0.25) is 0 Å². The topological polar surface area (TPSA) is 31.6 Å². The van der Waals surface area contributed by atoms with E-state index < -0.39 is 0 Å². The van der Waals surface area contributed by atoms with Crippen LogP contribution in [-0.2, 0) is 28.7 Å². The highest BCUT2D eigenvalue weighted by molar-refractivity contribution is 5.22. The third-order valence-corrected chi connectivity index (χ3v) is 3.02. The molecule has 1 aromatic rings. The molecular formula is C15H26O3. The summed E-state index contributed by atoms with van der Waals surface area (Å²) in [4.78, 5) is 0. The predicted octanol–water partition coefficient (Wildman–Crippen LogP) is 3.74. The van der Waals surface area contributed by atoms with E-state index in [1.54, 1.807) is 7.11 Å². The van der Waals surface area contributed by atoms with Crippen LogP contribution in [0.15, 0.2) is 10.5 Å². The first-order valence-corrected chi connectivity index (χ1v) is 6.98. The van der Waals surface area contributed by atoms with E-state index in [1.165, 1.54) is 24.8 Å². The van der Waals surface area contributed by atoms with Crippen LogP contribution in [0.2, 0.25) is 0 Å².